The third-order valence-electron chi connectivity index (χ3n) is 7.19. The minimum atomic E-state index is -0.516. The van der Waals surface area contributed by atoms with Crippen LogP contribution in [0.2, 0.25) is 0 Å². The fraction of sp³-hybridized carbons (Fsp3) is 0.212. The molecule has 1 aliphatic rings. The molecule has 7 nitrogen and oxygen atoms in total. The van der Waals surface area contributed by atoms with E-state index < -0.39 is 11.6 Å². The first-order valence-electron chi connectivity index (χ1n) is 13.4. The second-order valence-electron chi connectivity index (χ2n) is 10.4. The van der Waals surface area contributed by atoms with Gasteiger partial charge in [0.25, 0.3) is 0 Å². The minimum Gasteiger partial charge on any atom is -0.507 e. The van der Waals surface area contributed by atoms with Gasteiger partial charge in [-0.1, -0.05) is 55.5 Å². The van der Waals surface area contributed by atoms with Gasteiger partial charge in [-0.3, -0.25) is 9.59 Å². The number of hydrogen-bond acceptors (Lipinski definition) is 7. The molecule has 4 aromatic rings. The van der Waals surface area contributed by atoms with Gasteiger partial charge in [-0.05, 0) is 67.0 Å². The number of aryl methyl sites for hydroxylation is 1. The van der Waals surface area contributed by atoms with Crippen molar-refractivity contribution in [2.45, 2.75) is 33.0 Å². The SMILES string of the molecule is CCc1ccc(CNc2ccc(O)c3c2C(=O)c2c(O)ccc(NCc4ccc(CN(C)C)cc4)c2C3=O)cc1. The molecule has 4 N–H and O–H groups in total. The quantitative estimate of drug-likeness (QED) is 0.179. The average Bonchev–Trinajstić information content (AvgIpc) is 2.95. The highest BCUT2D eigenvalue weighted by Crippen LogP contribution is 2.42. The number of fused-ring (bicyclic) bond motifs is 2. The number of phenols is 2. The maximum absolute atomic E-state index is 13.8. The van der Waals surface area contributed by atoms with E-state index in [0.717, 1.165) is 24.1 Å². The smallest absolute Gasteiger partial charge is 0.200 e. The van der Waals surface area contributed by atoms with Crippen molar-refractivity contribution < 1.29 is 19.8 Å². The first kappa shape index (κ1) is 27.0. The molecule has 5 rings (SSSR count). The van der Waals surface area contributed by atoms with E-state index in [9.17, 15) is 19.8 Å². The zero-order valence-electron chi connectivity index (χ0n) is 22.9. The molecule has 0 saturated heterocycles. The monoisotopic (exact) mass is 535 g/mol. The van der Waals surface area contributed by atoms with Crippen molar-refractivity contribution >= 4 is 22.9 Å². The van der Waals surface area contributed by atoms with Gasteiger partial charge in [0.15, 0.2) is 0 Å². The third kappa shape index (κ3) is 5.28. The summed E-state index contributed by atoms with van der Waals surface area (Å²) in [7, 11) is 4.03. The molecule has 40 heavy (non-hydrogen) atoms. The molecule has 0 unspecified atom stereocenters. The average molecular weight is 536 g/mol. The van der Waals surface area contributed by atoms with Gasteiger partial charge in [-0.25, -0.2) is 0 Å². The lowest BCUT2D eigenvalue weighted by atomic mass is 9.81. The van der Waals surface area contributed by atoms with Crippen LogP contribution in [-0.2, 0) is 26.1 Å². The summed E-state index contributed by atoms with van der Waals surface area (Å²) in [6, 6.07) is 22.3. The van der Waals surface area contributed by atoms with Crippen LogP contribution >= 0.6 is 0 Å². The highest BCUT2D eigenvalue weighted by molar-refractivity contribution is 6.33. The molecule has 0 saturated carbocycles. The van der Waals surface area contributed by atoms with E-state index in [1.54, 1.807) is 12.1 Å². The topological polar surface area (TPSA) is 102 Å². The fourth-order valence-corrected chi connectivity index (χ4v) is 5.07. The maximum Gasteiger partial charge on any atom is 0.200 e. The zero-order chi connectivity index (χ0) is 28.4. The molecule has 7 heteroatoms. The number of phenolic OH excluding ortho intramolecular Hbond substituents is 2. The molecule has 0 aromatic heterocycles. The summed E-state index contributed by atoms with van der Waals surface area (Å²) in [5.41, 5.74) is 5.26. The Bertz CT molecular complexity index is 1580. The Hall–Kier alpha value is -4.62. The van der Waals surface area contributed by atoms with Gasteiger partial charge in [0, 0.05) is 31.0 Å². The molecule has 0 bridgehead atoms. The number of anilines is 2. The third-order valence-corrected chi connectivity index (χ3v) is 7.19. The number of hydrogen-bond donors (Lipinski definition) is 4. The molecule has 0 atom stereocenters. The van der Waals surface area contributed by atoms with Crippen molar-refractivity contribution in [1.82, 2.24) is 4.90 Å². The summed E-state index contributed by atoms with van der Waals surface area (Å²) in [6.45, 7) is 3.77. The lowest BCUT2D eigenvalue weighted by Gasteiger charge is -2.24. The molecule has 4 aromatic carbocycles. The Morgan fingerprint density at radius 3 is 1.38 bits per heavy atom. The Balaban J connectivity index is 1.44. The molecular formula is C33H33N3O4. The van der Waals surface area contributed by atoms with Crippen LogP contribution in [0.15, 0.2) is 72.8 Å². The van der Waals surface area contributed by atoms with Crippen LogP contribution in [0.4, 0.5) is 11.4 Å². The molecule has 0 heterocycles. The number of ketones is 2. The van der Waals surface area contributed by atoms with Crippen molar-refractivity contribution in [3.63, 3.8) is 0 Å². The zero-order valence-corrected chi connectivity index (χ0v) is 22.9. The number of rotatable bonds is 9. The van der Waals surface area contributed by atoms with Crippen molar-refractivity contribution in [2.24, 2.45) is 0 Å². The van der Waals surface area contributed by atoms with Gasteiger partial charge in [0.05, 0.1) is 22.3 Å². The number of aromatic hydroxyl groups is 2. The van der Waals surface area contributed by atoms with E-state index in [1.807, 2.05) is 38.4 Å². The molecule has 0 aliphatic heterocycles. The summed E-state index contributed by atoms with van der Waals surface area (Å²) in [5.74, 6) is -1.58. The van der Waals surface area contributed by atoms with Crippen LogP contribution in [0, 0.1) is 0 Å². The predicted octanol–water partition coefficient (Wildman–Crippen LogP) is 5.72. The van der Waals surface area contributed by atoms with Gasteiger partial charge >= 0.3 is 0 Å². The van der Waals surface area contributed by atoms with Crippen molar-refractivity contribution in [1.29, 1.82) is 0 Å². The number of nitrogens with one attached hydrogen (secondary N) is 2. The first-order valence-corrected chi connectivity index (χ1v) is 13.4. The van der Waals surface area contributed by atoms with E-state index in [0.29, 0.717) is 24.5 Å². The lowest BCUT2D eigenvalue weighted by Crippen LogP contribution is -2.24. The van der Waals surface area contributed by atoms with Crippen molar-refractivity contribution in [3.8, 4) is 11.5 Å². The molecule has 0 fully saturated rings. The van der Waals surface area contributed by atoms with E-state index in [1.165, 1.54) is 23.3 Å². The van der Waals surface area contributed by atoms with Gasteiger partial charge in [0.2, 0.25) is 11.6 Å². The number of carbonyl (C=O) groups is 2. The molecule has 0 amide bonds. The highest BCUT2D eigenvalue weighted by Gasteiger charge is 2.38. The maximum atomic E-state index is 13.8. The highest BCUT2D eigenvalue weighted by atomic mass is 16.3. The Morgan fingerprint density at radius 1 is 0.575 bits per heavy atom. The first-order chi connectivity index (χ1) is 19.3. The lowest BCUT2D eigenvalue weighted by molar-refractivity contribution is 0.0975. The Labute approximate surface area is 234 Å². The fourth-order valence-electron chi connectivity index (χ4n) is 5.07. The number of benzene rings is 4. The second kappa shape index (κ2) is 11.2. The summed E-state index contributed by atoms with van der Waals surface area (Å²) in [4.78, 5) is 29.7. The van der Waals surface area contributed by atoms with E-state index >= 15 is 0 Å². The van der Waals surface area contributed by atoms with Crippen LogP contribution < -0.4 is 10.6 Å². The summed E-state index contributed by atoms with van der Waals surface area (Å²) >= 11 is 0. The molecule has 204 valence electrons. The van der Waals surface area contributed by atoms with Crippen molar-refractivity contribution in [3.05, 3.63) is 117 Å². The van der Waals surface area contributed by atoms with Crippen LogP contribution in [0.5, 0.6) is 11.5 Å². The number of carbonyl (C=O) groups excluding carboxylic acids is 2. The predicted molar refractivity (Wildman–Crippen MR) is 157 cm³/mol. The standard InChI is InChI=1S/C33H33N3O4/c1-4-20-5-7-21(8-6-20)17-34-24-13-15-26(37)30-28(24)32(39)31-27(38)16-14-25(29(31)33(30)40)35-18-22-9-11-23(12-10-22)19-36(2)3/h5-16,34-35,37-38H,4,17-19H2,1-3H3. The largest absolute Gasteiger partial charge is 0.507 e. The van der Waals surface area contributed by atoms with E-state index in [-0.39, 0.29) is 33.8 Å². The van der Waals surface area contributed by atoms with Gasteiger partial charge in [-0.15, -0.1) is 0 Å². The van der Waals surface area contributed by atoms with Crippen LogP contribution in [-0.4, -0.2) is 40.8 Å². The second-order valence-corrected chi connectivity index (χ2v) is 10.4. The summed E-state index contributed by atoms with van der Waals surface area (Å²) in [6.07, 6.45) is 0.943. The van der Waals surface area contributed by atoms with Crippen molar-refractivity contribution in [2.75, 3.05) is 24.7 Å². The van der Waals surface area contributed by atoms with Crippen LogP contribution in [0.25, 0.3) is 0 Å². The molecule has 1 aliphatic carbocycles. The Morgan fingerprint density at radius 2 is 0.975 bits per heavy atom. The number of nitrogens with zero attached hydrogens (tertiary/aromatic N) is 1. The van der Waals surface area contributed by atoms with E-state index in [4.69, 9.17) is 0 Å². The van der Waals surface area contributed by atoms with Crippen LogP contribution in [0.3, 0.4) is 0 Å². The molecule has 0 spiro atoms. The Kier molecular flexibility index (Phi) is 7.58. The molecule has 0 radical (unpaired) electrons. The molecular weight excluding hydrogens is 502 g/mol. The van der Waals surface area contributed by atoms with Gasteiger partial charge in [0.1, 0.15) is 11.5 Å². The normalized spacial score (nSPS) is 12.3. The summed E-state index contributed by atoms with van der Waals surface area (Å²) < 4.78 is 0. The van der Waals surface area contributed by atoms with Crippen LogP contribution in [0.1, 0.15) is 61.0 Å². The van der Waals surface area contributed by atoms with Gasteiger partial charge in [-0.2, -0.15) is 0 Å². The van der Waals surface area contributed by atoms with Gasteiger partial charge < -0.3 is 25.7 Å². The summed E-state index contributed by atoms with van der Waals surface area (Å²) in [5, 5.41) is 27.9. The minimum absolute atomic E-state index is 0.0596. The van der Waals surface area contributed by atoms with E-state index in [2.05, 4.69) is 46.7 Å².